The molecule has 0 aromatic rings. The lowest BCUT2D eigenvalue weighted by atomic mass is 9.75. The fourth-order valence-electron chi connectivity index (χ4n) is 3.10. The third-order valence-corrected chi connectivity index (χ3v) is 4.32. The van der Waals surface area contributed by atoms with Gasteiger partial charge >= 0.3 is 0 Å². The largest absolute Gasteiger partial charge is 0.381 e. The number of likely N-dealkylation sites (N-methyl/N-ethyl adjacent to an activating group) is 1. The van der Waals surface area contributed by atoms with E-state index in [1.807, 2.05) is 0 Å². The van der Waals surface area contributed by atoms with Crippen LogP contribution in [-0.4, -0.2) is 62.3 Å². The number of rotatable bonds is 6. The predicted molar refractivity (Wildman–Crippen MR) is 71.3 cm³/mol. The summed E-state index contributed by atoms with van der Waals surface area (Å²) in [6, 6.07) is 0. The molecule has 1 saturated carbocycles. The summed E-state index contributed by atoms with van der Waals surface area (Å²) in [6.45, 7) is 13.9. The Labute approximate surface area is 106 Å². The van der Waals surface area contributed by atoms with Gasteiger partial charge in [-0.2, -0.15) is 0 Å². The average molecular weight is 240 g/mol. The van der Waals surface area contributed by atoms with Crippen LogP contribution in [0.4, 0.5) is 0 Å². The number of hydrogen-bond acceptors (Lipinski definition) is 3. The second kappa shape index (κ2) is 6.72. The standard InChI is InChI=1S/C14H28N2O/c1-3-15-5-7-16(8-6-15)11-13-9-14(10-13)12-17-4-2/h13-14H,3-12H2,1-2H3. The Hall–Kier alpha value is -0.120. The third kappa shape index (κ3) is 3.94. The average Bonchev–Trinajstić information content (AvgIpc) is 2.32. The van der Waals surface area contributed by atoms with Crippen molar-refractivity contribution in [2.24, 2.45) is 11.8 Å². The van der Waals surface area contributed by atoms with Crippen molar-refractivity contribution in [2.45, 2.75) is 26.7 Å². The molecule has 0 amide bonds. The maximum Gasteiger partial charge on any atom is 0.0494 e. The first-order valence-corrected chi connectivity index (χ1v) is 7.34. The van der Waals surface area contributed by atoms with Gasteiger partial charge in [0.1, 0.15) is 0 Å². The molecule has 1 saturated heterocycles. The topological polar surface area (TPSA) is 15.7 Å². The Morgan fingerprint density at radius 3 is 2.18 bits per heavy atom. The van der Waals surface area contributed by atoms with E-state index < -0.39 is 0 Å². The smallest absolute Gasteiger partial charge is 0.0494 e. The number of nitrogens with zero attached hydrogens (tertiary/aromatic N) is 2. The van der Waals surface area contributed by atoms with E-state index in [-0.39, 0.29) is 0 Å². The molecule has 0 bridgehead atoms. The summed E-state index contributed by atoms with van der Waals surface area (Å²) < 4.78 is 5.48. The quantitative estimate of drug-likeness (QED) is 0.702. The molecule has 1 aliphatic heterocycles. The summed E-state index contributed by atoms with van der Waals surface area (Å²) in [5.41, 5.74) is 0. The molecular weight excluding hydrogens is 212 g/mol. The first-order chi connectivity index (χ1) is 8.31. The second-order valence-electron chi connectivity index (χ2n) is 5.60. The van der Waals surface area contributed by atoms with Gasteiger partial charge in [-0.15, -0.1) is 0 Å². The third-order valence-electron chi connectivity index (χ3n) is 4.32. The zero-order valence-corrected chi connectivity index (χ0v) is 11.5. The Bertz CT molecular complexity index is 208. The van der Waals surface area contributed by atoms with E-state index >= 15 is 0 Å². The highest BCUT2D eigenvalue weighted by atomic mass is 16.5. The van der Waals surface area contributed by atoms with Crippen molar-refractivity contribution in [2.75, 3.05) is 52.5 Å². The molecule has 0 spiro atoms. The lowest BCUT2D eigenvalue weighted by molar-refractivity contribution is 0.0276. The van der Waals surface area contributed by atoms with E-state index in [9.17, 15) is 0 Å². The van der Waals surface area contributed by atoms with Crippen molar-refractivity contribution in [1.29, 1.82) is 0 Å². The normalized spacial score (nSPS) is 31.4. The molecule has 3 heteroatoms. The Balaban J connectivity index is 1.55. The van der Waals surface area contributed by atoms with Crippen LogP contribution < -0.4 is 0 Å². The van der Waals surface area contributed by atoms with Crippen LogP contribution in [0.1, 0.15) is 26.7 Å². The molecule has 2 aliphatic rings. The monoisotopic (exact) mass is 240 g/mol. The molecule has 0 radical (unpaired) electrons. The van der Waals surface area contributed by atoms with Crippen LogP contribution in [-0.2, 0) is 4.74 Å². The molecule has 100 valence electrons. The SMILES string of the molecule is CCOCC1CC(CN2CCN(CC)CC2)C1. The van der Waals surface area contributed by atoms with Gasteiger partial charge in [0.15, 0.2) is 0 Å². The van der Waals surface area contributed by atoms with Crippen molar-refractivity contribution in [3.63, 3.8) is 0 Å². The lowest BCUT2D eigenvalue weighted by Gasteiger charge is -2.41. The van der Waals surface area contributed by atoms with E-state index in [0.717, 1.165) is 25.0 Å². The van der Waals surface area contributed by atoms with E-state index in [0.29, 0.717) is 0 Å². The van der Waals surface area contributed by atoms with Crippen LogP contribution in [0, 0.1) is 11.8 Å². The summed E-state index contributed by atoms with van der Waals surface area (Å²) in [4.78, 5) is 5.21. The maximum atomic E-state index is 5.48. The van der Waals surface area contributed by atoms with E-state index in [4.69, 9.17) is 4.74 Å². The minimum Gasteiger partial charge on any atom is -0.381 e. The predicted octanol–water partition coefficient (Wildman–Crippen LogP) is 1.69. The minimum atomic E-state index is 0.858. The first-order valence-electron chi connectivity index (χ1n) is 7.34. The molecule has 3 nitrogen and oxygen atoms in total. The second-order valence-corrected chi connectivity index (χ2v) is 5.60. The van der Waals surface area contributed by atoms with Crippen LogP contribution in [0.15, 0.2) is 0 Å². The minimum absolute atomic E-state index is 0.858. The fourth-order valence-corrected chi connectivity index (χ4v) is 3.10. The van der Waals surface area contributed by atoms with Crippen LogP contribution in [0.2, 0.25) is 0 Å². The van der Waals surface area contributed by atoms with E-state index in [1.54, 1.807) is 0 Å². The molecule has 0 aromatic heterocycles. The zero-order chi connectivity index (χ0) is 12.1. The molecule has 0 aromatic carbocycles. The van der Waals surface area contributed by atoms with Crippen molar-refractivity contribution < 1.29 is 4.74 Å². The Morgan fingerprint density at radius 1 is 0.941 bits per heavy atom. The van der Waals surface area contributed by atoms with E-state index in [2.05, 4.69) is 23.6 Å². The number of ether oxygens (including phenoxy) is 1. The molecule has 2 rings (SSSR count). The fraction of sp³-hybridized carbons (Fsp3) is 1.00. The molecule has 0 unspecified atom stereocenters. The molecule has 1 heterocycles. The van der Waals surface area contributed by atoms with Gasteiger partial charge in [-0.25, -0.2) is 0 Å². The van der Waals surface area contributed by atoms with Crippen molar-refractivity contribution in [3.05, 3.63) is 0 Å². The Morgan fingerprint density at radius 2 is 1.59 bits per heavy atom. The Kier molecular flexibility index (Phi) is 5.26. The maximum absolute atomic E-state index is 5.48. The van der Waals surface area contributed by atoms with Gasteiger partial charge in [-0.3, -0.25) is 0 Å². The summed E-state index contributed by atoms with van der Waals surface area (Å²) in [7, 11) is 0. The molecule has 0 atom stereocenters. The molecule has 0 N–H and O–H groups in total. The van der Waals surface area contributed by atoms with Crippen molar-refractivity contribution in [1.82, 2.24) is 9.80 Å². The van der Waals surface area contributed by atoms with Gasteiger partial charge in [-0.1, -0.05) is 6.92 Å². The lowest BCUT2D eigenvalue weighted by Crippen LogP contribution is -2.49. The van der Waals surface area contributed by atoms with Crippen LogP contribution >= 0.6 is 0 Å². The van der Waals surface area contributed by atoms with Crippen LogP contribution in [0.25, 0.3) is 0 Å². The highest BCUT2D eigenvalue weighted by Crippen LogP contribution is 2.34. The highest BCUT2D eigenvalue weighted by Gasteiger charge is 2.31. The van der Waals surface area contributed by atoms with Gasteiger partial charge < -0.3 is 14.5 Å². The summed E-state index contributed by atoms with van der Waals surface area (Å²) in [5, 5.41) is 0. The number of piperazine rings is 1. The van der Waals surface area contributed by atoms with Crippen molar-refractivity contribution in [3.8, 4) is 0 Å². The van der Waals surface area contributed by atoms with Gasteiger partial charge in [0.05, 0.1) is 0 Å². The summed E-state index contributed by atoms with van der Waals surface area (Å²) >= 11 is 0. The summed E-state index contributed by atoms with van der Waals surface area (Å²) in [5.74, 6) is 1.81. The molecule has 1 aliphatic carbocycles. The van der Waals surface area contributed by atoms with E-state index in [1.165, 1.54) is 52.1 Å². The van der Waals surface area contributed by atoms with Crippen molar-refractivity contribution >= 4 is 0 Å². The highest BCUT2D eigenvalue weighted by molar-refractivity contribution is 4.83. The van der Waals surface area contributed by atoms with Gasteiger partial charge in [0.25, 0.3) is 0 Å². The number of hydrogen-bond donors (Lipinski definition) is 0. The van der Waals surface area contributed by atoms with Crippen LogP contribution in [0.3, 0.4) is 0 Å². The molecule has 2 fully saturated rings. The molecular formula is C14H28N2O. The first kappa shape index (κ1) is 13.3. The van der Waals surface area contributed by atoms with Gasteiger partial charge in [-0.05, 0) is 38.1 Å². The van der Waals surface area contributed by atoms with Crippen LogP contribution in [0.5, 0.6) is 0 Å². The zero-order valence-electron chi connectivity index (χ0n) is 11.5. The molecule has 17 heavy (non-hydrogen) atoms. The van der Waals surface area contributed by atoms with Gasteiger partial charge in [0.2, 0.25) is 0 Å². The van der Waals surface area contributed by atoms with Gasteiger partial charge in [0, 0.05) is 45.9 Å². The summed E-state index contributed by atoms with van der Waals surface area (Å²) in [6.07, 6.45) is 2.79.